The Kier molecular flexibility index (Phi) is 5.60. The fourth-order valence-electron chi connectivity index (χ4n) is 3.50. The van der Waals surface area contributed by atoms with Crippen molar-refractivity contribution >= 4 is 35.1 Å². The number of amides is 1. The van der Waals surface area contributed by atoms with Crippen molar-refractivity contribution in [2.24, 2.45) is 5.10 Å². The Morgan fingerprint density at radius 2 is 2.03 bits per heavy atom. The van der Waals surface area contributed by atoms with Gasteiger partial charge in [0.25, 0.3) is 5.91 Å². The summed E-state index contributed by atoms with van der Waals surface area (Å²) >= 11 is 6.48. The fraction of sp³-hybridized carbons (Fsp3) is 0.333. The van der Waals surface area contributed by atoms with E-state index in [1.807, 2.05) is 24.3 Å². The molecule has 2 aromatic rings. The molecule has 1 fully saturated rings. The van der Waals surface area contributed by atoms with Gasteiger partial charge in [-0.15, -0.1) is 0 Å². The number of anilines is 1. The van der Waals surface area contributed by atoms with Gasteiger partial charge in [-0.1, -0.05) is 17.7 Å². The Morgan fingerprint density at radius 3 is 2.83 bits per heavy atom. The molecule has 2 aliphatic heterocycles. The molecular weight excluding hydrogens is 388 g/mol. The monoisotopic (exact) mass is 410 g/mol. The number of hydrogen-bond acceptors (Lipinski definition) is 6. The summed E-state index contributed by atoms with van der Waals surface area (Å²) in [6.07, 6.45) is 6.43. The lowest BCUT2D eigenvalue weighted by atomic mass is 10.0. The van der Waals surface area contributed by atoms with E-state index in [0.29, 0.717) is 22.0 Å². The number of hydrazone groups is 1. The Morgan fingerprint density at radius 1 is 1.17 bits per heavy atom. The van der Waals surface area contributed by atoms with E-state index in [-0.39, 0.29) is 5.91 Å². The minimum Gasteiger partial charge on any atom is -0.354 e. The number of nitrogens with one attached hydrogen (secondary N) is 1. The second kappa shape index (κ2) is 8.31. The van der Waals surface area contributed by atoms with Gasteiger partial charge in [-0.2, -0.15) is 5.10 Å². The van der Waals surface area contributed by atoms with Crippen LogP contribution in [0.5, 0.6) is 0 Å². The van der Waals surface area contributed by atoms with Crippen molar-refractivity contribution in [2.75, 3.05) is 38.1 Å². The lowest BCUT2D eigenvalue weighted by Gasteiger charge is -2.21. The molecule has 7 nitrogen and oxygen atoms in total. The van der Waals surface area contributed by atoms with E-state index in [0.717, 1.165) is 49.5 Å². The summed E-state index contributed by atoms with van der Waals surface area (Å²) in [5, 5.41) is 4.55. The highest BCUT2D eigenvalue weighted by molar-refractivity contribution is 6.33. The van der Waals surface area contributed by atoms with Gasteiger partial charge in [-0.05, 0) is 50.7 Å². The summed E-state index contributed by atoms with van der Waals surface area (Å²) < 4.78 is 0. The summed E-state index contributed by atoms with van der Waals surface area (Å²) in [7, 11) is 2.14. The number of nitrogens with zero attached hydrogens (tertiary/aromatic N) is 5. The van der Waals surface area contributed by atoms with Gasteiger partial charge >= 0.3 is 0 Å². The predicted molar refractivity (Wildman–Crippen MR) is 116 cm³/mol. The third-order valence-electron chi connectivity index (χ3n) is 5.20. The van der Waals surface area contributed by atoms with E-state index in [9.17, 15) is 4.79 Å². The Balaban J connectivity index is 1.66. The van der Waals surface area contributed by atoms with E-state index in [1.54, 1.807) is 19.3 Å². The molecule has 2 aliphatic rings. The largest absolute Gasteiger partial charge is 0.354 e. The molecule has 8 heteroatoms. The fourth-order valence-corrected chi connectivity index (χ4v) is 3.71. The molecule has 1 amide bonds. The minimum absolute atomic E-state index is 0.202. The first-order chi connectivity index (χ1) is 14.0. The first-order valence-electron chi connectivity index (χ1n) is 9.63. The molecule has 1 saturated heterocycles. The molecule has 3 heterocycles. The van der Waals surface area contributed by atoms with Crippen LogP contribution in [0.25, 0.3) is 17.3 Å². The van der Waals surface area contributed by atoms with Crippen molar-refractivity contribution in [3.8, 4) is 11.3 Å². The molecule has 0 spiro atoms. The first-order valence-corrected chi connectivity index (χ1v) is 10.0. The maximum atomic E-state index is 11.9. The van der Waals surface area contributed by atoms with Crippen LogP contribution in [0.2, 0.25) is 5.02 Å². The van der Waals surface area contributed by atoms with Gasteiger partial charge in [0.05, 0.1) is 34.4 Å². The maximum Gasteiger partial charge on any atom is 0.273 e. The number of benzene rings is 1. The molecule has 1 aromatic carbocycles. The zero-order valence-electron chi connectivity index (χ0n) is 16.5. The van der Waals surface area contributed by atoms with Crippen molar-refractivity contribution < 1.29 is 4.79 Å². The number of hydrogen-bond donors (Lipinski definition) is 1. The van der Waals surface area contributed by atoms with Gasteiger partial charge in [-0.3, -0.25) is 9.78 Å². The molecule has 0 bridgehead atoms. The SMILES string of the molecule is CC1=NNC(=O)/C1=C\c1ccc(Cl)c(-c2cncc(N3CCCN(C)CC3)n2)c1. The molecule has 0 radical (unpaired) electrons. The average Bonchev–Trinajstić information content (AvgIpc) is 2.91. The van der Waals surface area contributed by atoms with E-state index in [1.165, 1.54) is 0 Å². The highest BCUT2D eigenvalue weighted by Crippen LogP contribution is 2.29. The Hall–Kier alpha value is -2.77. The first kappa shape index (κ1) is 19.5. The number of aromatic nitrogens is 2. The Labute approximate surface area is 175 Å². The van der Waals surface area contributed by atoms with Gasteiger partial charge in [0.15, 0.2) is 0 Å². The molecule has 0 unspecified atom stereocenters. The average molecular weight is 411 g/mol. The summed E-state index contributed by atoms with van der Waals surface area (Å²) in [6.45, 7) is 5.76. The highest BCUT2D eigenvalue weighted by atomic mass is 35.5. The topological polar surface area (TPSA) is 73.7 Å². The molecule has 1 N–H and O–H groups in total. The van der Waals surface area contributed by atoms with Crippen LogP contribution in [0.1, 0.15) is 18.9 Å². The summed E-state index contributed by atoms with van der Waals surface area (Å²) in [6, 6.07) is 5.62. The number of likely N-dealkylation sites (N-methyl/N-ethyl adjacent to an activating group) is 1. The summed E-state index contributed by atoms with van der Waals surface area (Å²) in [5.41, 5.74) is 6.04. The van der Waals surface area contributed by atoms with Crippen molar-refractivity contribution in [3.05, 3.63) is 46.8 Å². The quantitative estimate of drug-likeness (QED) is 0.787. The van der Waals surface area contributed by atoms with E-state index in [4.69, 9.17) is 16.6 Å². The summed E-state index contributed by atoms with van der Waals surface area (Å²) in [5.74, 6) is 0.655. The molecule has 1 aromatic heterocycles. The van der Waals surface area contributed by atoms with Crippen LogP contribution in [0.15, 0.2) is 41.3 Å². The molecule has 0 aliphatic carbocycles. The third kappa shape index (κ3) is 4.31. The zero-order chi connectivity index (χ0) is 20.4. The molecular formula is C21H23ClN6O. The number of carbonyl (C=O) groups excluding carboxylic acids is 1. The van der Waals surface area contributed by atoms with Crippen LogP contribution in [0.4, 0.5) is 5.82 Å². The van der Waals surface area contributed by atoms with Crippen molar-refractivity contribution in [2.45, 2.75) is 13.3 Å². The second-order valence-electron chi connectivity index (χ2n) is 7.34. The van der Waals surface area contributed by atoms with Crippen LogP contribution in [0, 0.1) is 0 Å². The number of carbonyl (C=O) groups is 1. The minimum atomic E-state index is -0.202. The van der Waals surface area contributed by atoms with E-state index < -0.39 is 0 Å². The maximum absolute atomic E-state index is 11.9. The van der Waals surface area contributed by atoms with Gasteiger partial charge in [0, 0.05) is 25.2 Å². The standard InChI is InChI=1S/C21H23ClN6O/c1-14-16(21(29)26-25-14)10-15-4-5-18(22)17(11-15)19-12-23-13-20(24-19)28-7-3-6-27(2)8-9-28/h4-5,10-13H,3,6-9H2,1-2H3,(H,26,29)/b16-10-. The van der Waals surface area contributed by atoms with Gasteiger partial charge in [-0.25, -0.2) is 10.4 Å². The predicted octanol–water partition coefficient (Wildman–Crippen LogP) is 2.83. The van der Waals surface area contributed by atoms with Gasteiger partial charge in [0.1, 0.15) is 5.82 Å². The van der Waals surface area contributed by atoms with Crippen LogP contribution < -0.4 is 10.3 Å². The van der Waals surface area contributed by atoms with Crippen LogP contribution in [0.3, 0.4) is 0 Å². The lowest BCUT2D eigenvalue weighted by molar-refractivity contribution is -0.116. The molecule has 150 valence electrons. The molecule has 0 atom stereocenters. The zero-order valence-corrected chi connectivity index (χ0v) is 17.3. The Bertz CT molecular complexity index is 1000. The van der Waals surface area contributed by atoms with E-state index >= 15 is 0 Å². The molecule has 4 rings (SSSR count). The van der Waals surface area contributed by atoms with Crippen LogP contribution in [-0.4, -0.2) is 59.7 Å². The highest BCUT2D eigenvalue weighted by Gasteiger charge is 2.19. The summed E-state index contributed by atoms with van der Waals surface area (Å²) in [4.78, 5) is 25.8. The van der Waals surface area contributed by atoms with Gasteiger partial charge < -0.3 is 9.80 Å². The lowest BCUT2D eigenvalue weighted by Crippen LogP contribution is -2.29. The van der Waals surface area contributed by atoms with Crippen LogP contribution in [-0.2, 0) is 4.79 Å². The van der Waals surface area contributed by atoms with Crippen molar-refractivity contribution in [1.82, 2.24) is 20.3 Å². The third-order valence-corrected chi connectivity index (χ3v) is 5.53. The van der Waals surface area contributed by atoms with Gasteiger partial charge in [0.2, 0.25) is 0 Å². The second-order valence-corrected chi connectivity index (χ2v) is 7.75. The molecule has 29 heavy (non-hydrogen) atoms. The normalized spacial score (nSPS) is 19.3. The smallest absolute Gasteiger partial charge is 0.273 e. The number of rotatable bonds is 3. The van der Waals surface area contributed by atoms with E-state index in [2.05, 4.69) is 32.4 Å². The molecule has 0 saturated carbocycles. The van der Waals surface area contributed by atoms with Crippen molar-refractivity contribution in [1.29, 1.82) is 0 Å². The van der Waals surface area contributed by atoms with Crippen molar-refractivity contribution in [3.63, 3.8) is 0 Å². The van der Waals surface area contributed by atoms with Crippen LogP contribution >= 0.6 is 11.6 Å². The number of halogens is 1.